The van der Waals surface area contributed by atoms with Gasteiger partial charge in [0, 0.05) is 24.2 Å². The van der Waals surface area contributed by atoms with E-state index in [0.717, 1.165) is 12.1 Å². The maximum absolute atomic E-state index is 12.5. The fourth-order valence-corrected chi connectivity index (χ4v) is 2.76. The Bertz CT molecular complexity index is 979. The molecular weight excluding hydrogens is 458 g/mol. The summed E-state index contributed by atoms with van der Waals surface area (Å²) in [4.78, 5) is 52.7. The molecule has 0 spiro atoms. The number of aromatic hydroxyl groups is 2. The van der Waals surface area contributed by atoms with Crippen LogP contribution in [0, 0.1) is 0 Å². The van der Waals surface area contributed by atoms with Crippen LogP contribution in [0.3, 0.4) is 0 Å². The minimum atomic E-state index is -3.14. The number of hydrogen-bond donors (Lipinski definition) is 5. The van der Waals surface area contributed by atoms with Crippen molar-refractivity contribution < 1.29 is 43.0 Å². The zero-order valence-electron chi connectivity index (χ0n) is 17.9. The minimum absolute atomic E-state index is 0.0233. The van der Waals surface area contributed by atoms with Crippen molar-refractivity contribution in [2.24, 2.45) is 0 Å². The highest BCUT2D eigenvalue weighted by Gasteiger charge is 2.25. The summed E-state index contributed by atoms with van der Waals surface area (Å²) in [5.41, 5.74) is 0.329. The molecule has 13 heteroatoms. The topological polar surface area (TPSA) is 159 Å². The van der Waals surface area contributed by atoms with Crippen molar-refractivity contribution in [1.29, 1.82) is 0 Å². The molecule has 1 heterocycles. The molecule has 1 unspecified atom stereocenters. The fourth-order valence-electron chi connectivity index (χ4n) is 2.76. The highest BCUT2D eigenvalue weighted by molar-refractivity contribution is 5.96. The Labute approximate surface area is 192 Å². The molecule has 5 N–H and O–H groups in total. The number of hydrogen-bond acceptors (Lipinski definition) is 7. The first-order chi connectivity index (χ1) is 16.2. The second kappa shape index (κ2) is 12.8. The van der Waals surface area contributed by atoms with Gasteiger partial charge in [0.2, 0.25) is 17.7 Å². The molecule has 0 saturated carbocycles. The van der Waals surface area contributed by atoms with Gasteiger partial charge in [0.15, 0.2) is 0 Å². The molecule has 1 aromatic carbocycles. The van der Waals surface area contributed by atoms with Crippen LogP contribution in [0.5, 0.6) is 11.8 Å². The smallest absolute Gasteiger partial charge is 0.355 e. The molecule has 2 aromatic rings. The number of carbonyl (C=O) groups is 4. The molecule has 34 heavy (non-hydrogen) atoms. The summed E-state index contributed by atoms with van der Waals surface area (Å²) < 4.78 is 24.9. The Kier molecular flexibility index (Phi) is 9.80. The molecule has 0 radical (unpaired) electrons. The number of amides is 3. The van der Waals surface area contributed by atoms with Gasteiger partial charge < -0.3 is 31.0 Å². The fraction of sp³-hybridized carbons (Fsp3) is 0.333. The first kappa shape index (κ1) is 26.1. The van der Waals surface area contributed by atoms with Crippen LogP contribution in [0.4, 0.5) is 8.78 Å². The van der Waals surface area contributed by atoms with Crippen molar-refractivity contribution >= 4 is 23.7 Å². The first-order valence-electron chi connectivity index (χ1n) is 10.2. The largest absolute Gasteiger partial charge is 0.492 e. The maximum Gasteiger partial charge on any atom is 0.355 e. The van der Waals surface area contributed by atoms with Gasteiger partial charge in [0.25, 0.3) is 11.8 Å². The molecule has 184 valence electrons. The summed E-state index contributed by atoms with van der Waals surface area (Å²) in [5.74, 6) is -4.83. The zero-order valence-corrected chi connectivity index (χ0v) is 17.9. The van der Waals surface area contributed by atoms with Crippen molar-refractivity contribution in [3.05, 3.63) is 48.0 Å². The Morgan fingerprint density at radius 1 is 0.941 bits per heavy atom. The van der Waals surface area contributed by atoms with Gasteiger partial charge in [0.05, 0.1) is 6.54 Å². The molecule has 0 aliphatic heterocycles. The second-order valence-electron chi connectivity index (χ2n) is 7.01. The Morgan fingerprint density at radius 3 is 2.21 bits per heavy atom. The Hall–Kier alpha value is -4.16. The molecular formula is C21H24F2N4O7. The molecule has 0 aliphatic carbocycles. The van der Waals surface area contributed by atoms with Gasteiger partial charge >= 0.3 is 12.4 Å². The molecule has 0 saturated heterocycles. The first-order valence-corrected chi connectivity index (χ1v) is 10.2. The van der Waals surface area contributed by atoms with E-state index < -0.39 is 54.5 Å². The van der Waals surface area contributed by atoms with Crippen molar-refractivity contribution in [3.63, 3.8) is 0 Å². The van der Waals surface area contributed by atoms with Crippen LogP contribution in [0.2, 0.25) is 0 Å². The van der Waals surface area contributed by atoms with E-state index in [1.165, 1.54) is 0 Å². The van der Waals surface area contributed by atoms with E-state index in [4.69, 9.17) is 4.84 Å². The number of carbonyl (C=O) groups excluding carboxylic acids is 4. The summed E-state index contributed by atoms with van der Waals surface area (Å²) in [6, 6.07) is 8.99. The van der Waals surface area contributed by atoms with Gasteiger partial charge in [-0.25, -0.2) is 4.79 Å². The number of unbranched alkanes of at least 4 members (excludes halogenated alkanes) is 1. The normalized spacial score (nSPS) is 11.5. The van der Waals surface area contributed by atoms with Crippen molar-refractivity contribution in [1.82, 2.24) is 20.7 Å². The van der Waals surface area contributed by atoms with Crippen LogP contribution in [0.15, 0.2) is 42.5 Å². The third-order valence-electron chi connectivity index (χ3n) is 4.46. The number of rotatable bonds is 12. The third-order valence-corrected chi connectivity index (χ3v) is 4.46. The molecule has 3 amide bonds. The van der Waals surface area contributed by atoms with Crippen LogP contribution in [0.1, 0.15) is 29.6 Å². The molecule has 0 aliphatic rings. The lowest BCUT2D eigenvalue weighted by molar-refractivity contribution is -0.149. The highest BCUT2D eigenvalue weighted by Crippen LogP contribution is 2.19. The van der Waals surface area contributed by atoms with Gasteiger partial charge in [-0.3, -0.25) is 14.4 Å². The van der Waals surface area contributed by atoms with Crippen LogP contribution in [0.25, 0.3) is 0 Å². The Balaban J connectivity index is 1.93. The quantitative estimate of drug-likeness (QED) is 0.273. The minimum Gasteiger partial charge on any atom is -0.492 e. The lowest BCUT2D eigenvalue weighted by Crippen LogP contribution is -2.48. The van der Waals surface area contributed by atoms with E-state index in [-0.39, 0.29) is 25.8 Å². The van der Waals surface area contributed by atoms with E-state index >= 15 is 0 Å². The number of nitrogens with one attached hydrogen (secondary N) is 3. The monoisotopic (exact) mass is 482 g/mol. The van der Waals surface area contributed by atoms with Crippen LogP contribution >= 0.6 is 0 Å². The van der Waals surface area contributed by atoms with Crippen molar-refractivity contribution in [2.75, 3.05) is 13.1 Å². The van der Waals surface area contributed by atoms with E-state index in [2.05, 4.69) is 10.6 Å². The maximum atomic E-state index is 12.5. The number of nitrogens with zero attached hydrogens (tertiary/aromatic N) is 1. The lowest BCUT2D eigenvalue weighted by atomic mass is 10.1. The molecule has 1 atom stereocenters. The van der Waals surface area contributed by atoms with E-state index in [9.17, 15) is 38.2 Å². The van der Waals surface area contributed by atoms with Crippen LogP contribution < -0.4 is 20.8 Å². The summed E-state index contributed by atoms with van der Waals surface area (Å²) in [6.07, 6.45) is -2.74. The molecule has 0 fully saturated rings. The van der Waals surface area contributed by atoms with E-state index in [1.807, 2.05) is 5.32 Å². The summed E-state index contributed by atoms with van der Waals surface area (Å²) >= 11 is 0. The van der Waals surface area contributed by atoms with Gasteiger partial charge in [-0.15, -0.1) is 4.73 Å². The SMILES string of the molecule is O=C(CNC(=O)c1ccccc1)NC(CCCCNC(=O)C(F)F)C(=O)On1c(O)ccc1O. The van der Waals surface area contributed by atoms with Gasteiger partial charge in [-0.2, -0.15) is 8.78 Å². The number of halogens is 2. The summed E-state index contributed by atoms with van der Waals surface area (Å²) in [5, 5.41) is 26.1. The number of benzene rings is 1. The van der Waals surface area contributed by atoms with E-state index in [0.29, 0.717) is 10.3 Å². The average Bonchev–Trinajstić information content (AvgIpc) is 3.13. The Morgan fingerprint density at radius 2 is 1.59 bits per heavy atom. The van der Waals surface area contributed by atoms with E-state index in [1.54, 1.807) is 30.3 Å². The zero-order chi connectivity index (χ0) is 25.1. The predicted molar refractivity (Wildman–Crippen MR) is 113 cm³/mol. The number of alkyl halides is 2. The molecule has 1 aromatic heterocycles. The molecule has 11 nitrogen and oxygen atoms in total. The van der Waals surface area contributed by atoms with Gasteiger partial charge in [-0.1, -0.05) is 18.2 Å². The lowest BCUT2D eigenvalue weighted by Gasteiger charge is -2.18. The molecule has 2 rings (SSSR count). The second-order valence-corrected chi connectivity index (χ2v) is 7.01. The molecule has 0 bridgehead atoms. The van der Waals surface area contributed by atoms with Crippen LogP contribution in [-0.2, 0) is 14.4 Å². The highest BCUT2D eigenvalue weighted by atomic mass is 19.3. The standard InChI is InChI=1S/C21H24F2N4O7/c22-18(23)20(32)24-11-5-4-8-14(21(33)34-27-16(29)9-10-17(27)30)26-15(28)12-25-19(31)13-6-2-1-3-7-13/h1-3,6-7,9-10,14,18,29-30H,4-5,8,11-12H2,(H,24,32)(H,25,31)(H,26,28). The third kappa shape index (κ3) is 8.07. The van der Waals surface area contributed by atoms with Crippen molar-refractivity contribution in [2.45, 2.75) is 31.7 Å². The number of aromatic nitrogens is 1. The predicted octanol–water partition coefficient (Wildman–Crippen LogP) is 0.321. The average molecular weight is 482 g/mol. The van der Waals surface area contributed by atoms with Gasteiger partial charge in [-0.05, 0) is 31.4 Å². The summed E-state index contributed by atoms with van der Waals surface area (Å²) in [6.45, 7) is -0.535. The van der Waals surface area contributed by atoms with Crippen LogP contribution in [-0.4, -0.2) is 64.2 Å². The summed E-state index contributed by atoms with van der Waals surface area (Å²) in [7, 11) is 0. The van der Waals surface area contributed by atoms with Crippen molar-refractivity contribution in [3.8, 4) is 11.8 Å². The van der Waals surface area contributed by atoms with Gasteiger partial charge in [0.1, 0.15) is 6.04 Å².